The molecule has 1 amide bonds. The molecule has 0 aliphatic carbocycles. The van der Waals surface area contributed by atoms with Crippen LogP contribution >= 0.6 is 11.3 Å². The smallest absolute Gasteiger partial charge is 0.225 e. The molecule has 102 valence electrons. The Kier molecular flexibility index (Phi) is 5.78. The summed E-state index contributed by atoms with van der Waals surface area (Å²) in [7, 11) is 0. The third-order valence-corrected chi connectivity index (χ3v) is 3.16. The van der Waals surface area contributed by atoms with Crippen LogP contribution in [-0.4, -0.2) is 30.8 Å². The molecule has 1 unspecified atom stereocenters. The maximum Gasteiger partial charge on any atom is 0.225 e. The Morgan fingerprint density at radius 3 is 2.78 bits per heavy atom. The molecule has 0 bridgehead atoms. The number of ether oxygens (including phenoxy) is 1. The molecular formula is C13H21NO3S. The minimum Gasteiger partial charge on any atom is -0.394 e. The van der Waals surface area contributed by atoms with Crippen molar-refractivity contribution in [1.29, 1.82) is 0 Å². The Balaban J connectivity index is 2.55. The monoisotopic (exact) mass is 271 g/mol. The van der Waals surface area contributed by atoms with Crippen molar-refractivity contribution in [3.05, 3.63) is 22.4 Å². The van der Waals surface area contributed by atoms with Gasteiger partial charge in [0.15, 0.2) is 0 Å². The number of carbonyl (C=O) groups is 1. The van der Waals surface area contributed by atoms with E-state index < -0.39 is 5.41 Å². The van der Waals surface area contributed by atoms with Crippen LogP contribution in [0, 0.1) is 5.41 Å². The number of thiophene rings is 1. The Morgan fingerprint density at radius 2 is 2.28 bits per heavy atom. The number of carbonyl (C=O) groups excluding carboxylic acids is 1. The van der Waals surface area contributed by atoms with Crippen molar-refractivity contribution in [2.75, 3.05) is 19.8 Å². The first-order valence-corrected chi connectivity index (χ1v) is 6.92. The quantitative estimate of drug-likeness (QED) is 0.831. The Morgan fingerprint density at radius 1 is 1.56 bits per heavy atom. The fourth-order valence-corrected chi connectivity index (χ4v) is 2.08. The highest BCUT2D eigenvalue weighted by molar-refractivity contribution is 7.07. The first-order chi connectivity index (χ1) is 8.45. The van der Waals surface area contributed by atoms with Crippen molar-refractivity contribution >= 4 is 17.2 Å². The standard InChI is InChI=1S/C13H21NO3S/c1-13(2,3)12(16)14-8-11(17-6-5-15)10-4-7-18-9-10/h4,7,9,11,15H,5-6,8H2,1-3H3,(H,14,16). The molecule has 1 rings (SSSR count). The molecule has 0 spiro atoms. The third kappa shape index (κ3) is 4.76. The summed E-state index contributed by atoms with van der Waals surface area (Å²) in [6, 6.07) is 1.97. The Hall–Kier alpha value is -0.910. The summed E-state index contributed by atoms with van der Waals surface area (Å²) in [6.45, 7) is 6.29. The fourth-order valence-electron chi connectivity index (χ4n) is 1.38. The molecule has 4 nitrogen and oxygen atoms in total. The fraction of sp³-hybridized carbons (Fsp3) is 0.615. The molecule has 0 aromatic carbocycles. The van der Waals surface area contributed by atoms with E-state index >= 15 is 0 Å². The van der Waals surface area contributed by atoms with Gasteiger partial charge in [0.25, 0.3) is 0 Å². The maximum atomic E-state index is 11.8. The lowest BCUT2D eigenvalue weighted by atomic mass is 9.95. The van der Waals surface area contributed by atoms with Gasteiger partial charge < -0.3 is 15.2 Å². The number of hydrogen-bond acceptors (Lipinski definition) is 4. The first-order valence-electron chi connectivity index (χ1n) is 5.98. The molecule has 1 atom stereocenters. The third-order valence-electron chi connectivity index (χ3n) is 2.45. The van der Waals surface area contributed by atoms with Crippen molar-refractivity contribution in [3.63, 3.8) is 0 Å². The van der Waals surface area contributed by atoms with Gasteiger partial charge in [0.1, 0.15) is 6.10 Å². The molecule has 0 saturated carbocycles. The van der Waals surface area contributed by atoms with Crippen LogP contribution in [0.1, 0.15) is 32.4 Å². The first kappa shape index (κ1) is 15.1. The molecule has 2 N–H and O–H groups in total. The molecule has 0 saturated heterocycles. The van der Waals surface area contributed by atoms with E-state index in [0.29, 0.717) is 6.54 Å². The van der Waals surface area contributed by atoms with Crippen molar-refractivity contribution in [2.24, 2.45) is 5.41 Å². The van der Waals surface area contributed by atoms with Gasteiger partial charge in [-0.2, -0.15) is 11.3 Å². The van der Waals surface area contributed by atoms with Crippen LogP contribution < -0.4 is 5.32 Å². The highest BCUT2D eigenvalue weighted by Crippen LogP contribution is 2.20. The summed E-state index contributed by atoms with van der Waals surface area (Å²) in [4.78, 5) is 11.8. The van der Waals surface area contributed by atoms with E-state index in [1.54, 1.807) is 11.3 Å². The summed E-state index contributed by atoms with van der Waals surface area (Å²) in [5.41, 5.74) is 0.624. The Bertz CT molecular complexity index is 357. The van der Waals surface area contributed by atoms with Gasteiger partial charge in [-0.1, -0.05) is 20.8 Å². The van der Waals surface area contributed by atoms with Gasteiger partial charge in [-0.05, 0) is 22.4 Å². The summed E-state index contributed by atoms with van der Waals surface area (Å²) >= 11 is 1.59. The van der Waals surface area contributed by atoms with E-state index in [1.807, 2.05) is 37.6 Å². The van der Waals surface area contributed by atoms with Gasteiger partial charge in [-0.3, -0.25) is 4.79 Å². The lowest BCUT2D eigenvalue weighted by Crippen LogP contribution is -2.37. The second-order valence-corrected chi connectivity index (χ2v) is 5.88. The van der Waals surface area contributed by atoms with E-state index in [-0.39, 0.29) is 25.2 Å². The number of hydrogen-bond donors (Lipinski definition) is 2. The van der Waals surface area contributed by atoms with Crippen LogP contribution in [0.3, 0.4) is 0 Å². The number of amides is 1. The molecule has 1 aromatic rings. The molecule has 0 aliphatic rings. The average Bonchev–Trinajstić information content (AvgIpc) is 2.81. The zero-order valence-electron chi connectivity index (χ0n) is 11.1. The van der Waals surface area contributed by atoms with E-state index in [2.05, 4.69) is 5.32 Å². The van der Waals surface area contributed by atoms with Crippen molar-refractivity contribution in [1.82, 2.24) is 5.32 Å². The number of aliphatic hydroxyl groups is 1. The predicted molar refractivity (Wildman–Crippen MR) is 72.6 cm³/mol. The number of rotatable bonds is 6. The Labute approximate surface area is 112 Å². The van der Waals surface area contributed by atoms with Gasteiger partial charge >= 0.3 is 0 Å². The van der Waals surface area contributed by atoms with E-state index in [1.165, 1.54) is 0 Å². The molecule has 1 heterocycles. The van der Waals surface area contributed by atoms with Crippen molar-refractivity contribution < 1.29 is 14.6 Å². The van der Waals surface area contributed by atoms with Gasteiger partial charge in [-0.25, -0.2) is 0 Å². The average molecular weight is 271 g/mol. The molecule has 1 aromatic heterocycles. The minimum atomic E-state index is -0.407. The van der Waals surface area contributed by atoms with E-state index in [4.69, 9.17) is 9.84 Å². The number of nitrogens with one attached hydrogen (secondary N) is 1. The topological polar surface area (TPSA) is 58.6 Å². The van der Waals surface area contributed by atoms with Crippen LogP contribution in [0.15, 0.2) is 16.8 Å². The van der Waals surface area contributed by atoms with Gasteiger partial charge in [0.05, 0.1) is 13.2 Å². The predicted octanol–water partition coefficient (Wildman–Crippen LogP) is 1.96. The largest absolute Gasteiger partial charge is 0.394 e. The lowest BCUT2D eigenvalue weighted by Gasteiger charge is -2.21. The summed E-state index contributed by atoms with van der Waals surface area (Å²) in [5.74, 6) is -0.00433. The van der Waals surface area contributed by atoms with Gasteiger partial charge in [0, 0.05) is 12.0 Å². The van der Waals surface area contributed by atoms with Crippen LogP contribution in [0.2, 0.25) is 0 Å². The molecule has 5 heteroatoms. The van der Waals surface area contributed by atoms with E-state index in [9.17, 15) is 4.79 Å². The van der Waals surface area contributed by atoms with E-state index in [0.717, 1.165) is 5.56 Å². The van der Waals surface area contributed by atoms with Crippen LogP contribution in [-0.2, 0) is 9.53 Å². The highest BCUT2D eigenvalue weighted by atomic mass is 32.1. The summed E-state index contributed by atoms with van der Waals surface area (Å²) in [6.07, 6.45) is -0.199. The molecule has 18 heavy (non-hydrogen) atoms. The summed E-state index contributed by atoms with van der Waals surface area (Å²) < 4.78 is 5.54. The highest BCUT2D eigenvalue weighted by Gasteiger charge is 2.22. The second-order valence-electron chi connectivity index (χ2n) is 5.10. The zero-order chi connectivity index (χ0) is 13.6. The molecule has 0 aliphatic heterocycles. The van der Waals surface area contributed by atoms with Crippen molar-refractivity contribution in [2.45, 2.75) is 26.9 Å². The van der Waals surface area contributed by atoms with Crippen LogP contribution in [0.5, 0.6) is 0 Å². The van der Waals surface area contributed by atoms with Gasteiger partial charge in [0.2, 0.25) is 5.91 Å². The molecule has 0 radical (unpaired) electrons. The maximum absolute atomic E-state index is 11.8. The minimum absolute atomic E-state index is 0.00433. The number of aliphatic hydroxyl groups excluding tert-OH is 1. The second kappa shape index (κ2) is 6.87. The van der Waals surface area contributed by atoms with Gasteiger partial charge in [-0.15, -0.1) is 0 Å². The lowest BCUT2D eigenvalue weighted by molar-refractivity contribution is -0.129. The van der Waals surface area contributed by atoms with Crippen LogP contribution in [0.25, 0.3) is 0 Å². The normalized spacial score (nSPS) is 13.3. The SMILES string of the molecule is CC(C)(C)C(=O)NCC(OCCO)c1ccsc1. The summed E-state index contributed by atoms with van der Waals surface area (Å²) in [5, 5.41) is 15.6. The molecular weight excluding hydrogens is 250 g/mol. The zero-order valence-corrected chi connectivity index (χ0v) is 11.9. The molecule has 0 fully saturated rings. The van der Waals surface area contributed by atoms with Crippen molar-refractivity contribution in [3.8, 4) is 0 Å². The van der Waals surface area contributed by atoms with Crippen LogP contribution in [0.4, 0.5) is 0 Å².